The van der Waals surface area contributed by atoms with Crippen LogP contribution in [0.25, 0.3) is 0 Å². The van der Waals surface area contributed by atoms with Gasteiger partial charge in [-0.2, -0.15) is 4.98 Å². The first-order chi connectivity index (χ1) is 7.21. The highest BCUT2D eigenvalue weighted by molar-refractivity contribution is 8.13. The molecule has 0 unspecified atom stereocenters. The highest BCUT2D eigenvalue weighted by Crippen LogP contribution is 2.25. The molecule has 2 N–H and O–H groups in total. The third-order valence-corrected chi connectivity index (χ3v) is 2.04. The van der Waals surface area contributed by atoms with Crippen LogP contribution in [0.2, 0.25) is 0 Å². The molecule has 0 saturated carbocycles. The predicted octanol–water partition coefficient (Wildman–Crippen LogP) is 0.803. The molecule has 0 amide bonds. The van der Waals surface area contributed by atoms with Gasteiger partial charge in [0.25, 0.3) is 0 Å². The van der Waals surface area contributed by atoms with Gasteiger partial charge in [-0.3, -0.25) is 0 Å². The summed E-state index contributed by atoms with van der Waals surface area (Å²) in [5, 5.41) is 0.419. The third-order valence-electron chi connectivity index (χ3n) is 1.53. The molecule has 1 heterocycles. The smallest absolute Gasteiger partial charge is 0.319 e. The van der Waals surface area contributed by atoms with Gasteiger partial charge in [0.2, 0.25) is 5.88 Å². The lowest BCUT2D eigenvalue weighted by Gasteiger charge is -2.04. The van der Waals surface area contributed by atoms with Crippen LogP contribution in [-0.4, -0.2) is 35.6 Å². The fraction of sp³-hybridized carbons (Fsp3) is 0.375. The van der Waals surface area contributed by atoms with Gasteiger partial charge in [0.05, 0.1) is 20.4 Å². The molecule has 0 aliphatic heterocycles. The third kappa shape index (κ3) is 2.98. The second kappa shape index (κ2) is 5.40. The number of aromatic nitrogens is 2. The summed E-state index contributed by atoms with van der Waals surface area (Å²) < 4.78 is 9.89. The molecule has 0 aliphatic carbocycles. The summed E-state index contributed by atoms with van der Waals surface area (Å²) in [6.07, 6.45) is 3.32. The number of hydrogen-bond acceptors (Lipinski definition) is 6. The molecular formula is C8H12N4O2S. The molecule has 0 fully saturated rings. The first-order valence-corrected chi connectivity index (χ1v) is 5.27. The molecule has 1 rings (SSSR count). The number of nitrogens with two attached hydrogens (primary N) is 1. The van der Waals surface area contributed by atoms with E-state index >= 15 is 0 Å². The van der Waals surface area contributed by atoms with Crippen molar-refractivity contribution in [2.45, 2.75) is 0 Å². The molecular weight excluding hydrogens is 216 g/mol. The van der Waals surface area contributed by atoms with Gasteiger partial charge >= 0.3 is 6.01 Å². The second-order valence-electron chi connectivity index (χ2n) is 2.41. The average Bonchev–Trinajstić information content (AvgIpc) is 2.29. The van der Waals surface area contributed by atoms with Crippen molar-refractivity contribution >= 4 is 22.6 Å². The minimum absolute atomic E-state index is 0.230. The topological polar surface area (TPSA) is 82.6 Å². The Kier molecular flexibility index (Phi) is 4.17. The maximum atomic E-state index is 5.57. The number of nitrogens with zero attached hydrogens (tertiary/aromatic N) is 3. The van der Waals surface area contributed by atoms with Gasteiger partial charge in [0, 0.05) is 0 Å². The molecule has 0 bridgehead atoms. The lowest BCUT2D eigenvalue weighted by atomic mass is 10.5. The van der Waals surface area contributed by atoms with Crippen molar-refractivity contribution in [3.8, 4) is 11.9 Å². The molecule has 1 aromatic rings. The van der Waals surface area contributed by atoms with Crippen LogP contribution in [0, 0.1) is 0 Å². The van der Waals surface area contributed by atoms with E-state index in [0.717, 1.165) is 0 Å². The fourth-order valence-corrected chi connectivity index (χ4v) is 1.02. The molecule has 0 atom stereocenters. The Morgan fingerprint density at radius 1 is 1.47 bits per heavy atom. The SMILES string of the molecule is COc1ncc(N=C(N)SC)c(OC)n1. The van der Waals surface area contributed by atoms with E-state index in [1.54, 1.807) is 0 Å². The molecule has 0 spiro atoms. The number of thioether (sulfide) groups is 1. The average molecular weight is 228 g/mol. The number of hydrogen-bond donors (Lipinski definition) is 1. The van der Waals surface area contributed by atoms with Crippen LogP contribution in [0.15, 0.2) is 11.2 Å². The van der Waals surface area contributed by atoms with Gasteiger partial charge in [0.15, 0.2) is 5.17 Å². The molecule has 6 nitrogen and oxygen atoms in total. The van der Waals surface area contributed by atoms with Gasteiger partial charge < -0.3 is 15.2 Å². The highest BCUT2D eigenvalue weighted by Gasteiger charge is 2.07. The van der Waals surface area contributed by atoms with Crippen LogP contribution < -0.4 is 15.2 Å². The molecule has 15 heavy (non-hydrogen) atoms. The number of amidine groups is 1. The Bertz CT molecular complexity index is 370. The maximum absolute atomic E-state index is 5.57. The van der Waals surface area contributed by atoms with E-state index in [-0.39, 0.29) is 6.01 Å². The van der Waals surface area contributed by atoms with E-state index in [1.807, 2.05) is 6.26 Å². The van der Waals surface area contributed by atoms with E-state index in [0.29, 0.717) is 16.7 Å². The number of rotatable bonds is 3. The van der Waals surface area contributed by atoms with Crippen LogP contribution >= 0.6 is 11.8 Å². The first-order valence-electron chi connectivity index (χ1n) is 4.04. The molecule has 0 radical (unpaired) electrons. The molecule has 0 aromatic carbocycles. The number of ether oxygens (including phenoxy) is 2. The molecule has 0 saturated heterocycles. The van der Waals surface area contributed by atoms with Crippen molar-refractivity contribution < 1.29 is 9.47 Å². The van der Waals surface area contributed by atoms with E-state index in [9.17, 15) is 0 Å². The lowest BCUT2D eigenvalue weighted by molar-refractivity contribution is 0.353. The highest BCUT2D eigenvalue weighted by atomic mass is 32.2. The maximum Gasteiger partial charge on any atom is 0.319 e. The van der Waals surface area contributed by atoms with Crippen molar-refractivity contribution in [2.75, 3.05) is 20.5 Å². The standard InChI is InChI=1S/C8H12N4O2S/c1-13-6-5(11-7(9)15-3)4-10-8(12-6)14-2/h4H,1-3H3,(H2,9,11). The van der Waals surface area contributed by atoms with Crippen LogP contribution in [-0.2, 0) is 0 Å². The second-order valence-corrected chi connectivity index (χ2v) is 3.23. The normalized spacial score (nSPS) is 11.3. The Hall–Kier alpha value is -1.50. The molecule has 7 heteroatoms. The van der Waals surface area contributed by atoms with Crippen LogP contribution in [0.1, 0.15) is 0 Å². The van der Waals surface area contributed by atoms with Crippen LogP contribution in [0.3, 0.4) is 0 Å². The van der Waals surface area contributed by atoms with Crippen molar-refractivity contribution in [1.29, 1.82) is 0 Å². The Balaban J connectivity index is 3.08. The van der Waals surface area contributed by atoms with Gasteiger partial charge in [0.1, 0.15) is 5.69 Å². The van der Waals surface area contributed by atoms with Gasteiger partial charge in [-0.25, -0.2) is 9.98 Å². The number of aliphatic imine (C=N–C) groups is 1. The summed E-state index contributed by atoms with van der Waals surface area (Å²) >= 11 is 1.33. The molecule has 1 aromatic heterocycles. The van der Waals surface area contributed by atoms with Crippen LogP contribution in [0.5, 0.6) is 11.9 Å². The van der Waals surface area contributed by atoms with Crippen molar-refractivity contribution in [3.05, 3.63) is 6.20 Å². The number of methoxy groups -OCH3 is 2. The molecule has 82 valence electrons. The summed E-state index contributed by atoms with van der Waals surface area (Å²) in [5.74, 6) is 0.332. The fourth-order valence-electron chi connectivity index (χ4n) is 0.834. The minimum atomic E-state index is 0.230. The Morgan fingerprint density at radius 3 is 2.73 bits per heavy atom. The minimum Gasteiger partial charge on any atom is -0.479 e. The Labute approximate surface area is 91.9 Å². The van der Waals surface area contributed by atoms with E-state index in [4.69, 9.17) is 15.2 Å². The zero-order valence-electron chi connectivity index (χ0n) is 8.72. The summed E-state index contributed by atoms with van der Waals surface area (Å²) in [5.41, 5.74) is 6.05. The zero-order valence-corrected chi connectivity index (χ0v) is 9.54. The van der Waals surface area contributed by atoms with E-state index in [2.05, 4.69) is 15.0 Å². The van der Waals surface area contributed by atoms with E-state index in [1.165, 1.54) is 32.2 Å². The van der Waals surface area contributed by atoms with Gasteiger partial charge in [-0.1, -0.05) is 11.8 Å². The first kappa shape index (κ1) is 11.6. The van der Waals surface area contributed by atoms with Crippen molar-refractivity contribution in [2.24, 2.45) is 10.7 Å². The zero-order chi connectivity index (χ0) is 11.3. The largest absolute Gasteiger partial charge is 0.479 e. The predicted molar refractivity (Wildman–Crippen MR) is 59.9 cm³/mol. The van der Waals surface area contributed by atoms with Crippen molar-refractivity contribution in [1.82, 2.24) is 9.97 Å². The summed E-state index contributed by atoms with van der Waals surface area (Å²) in [6.45, 7) is 0. The van der Waals surface area contributed by atoms with Gasteiger partial charge in [-0.05, 0) is 6.26 Å². The summed E-state index contributed by atoms with van der Waals surface area (Å²) in [7, 11) is 2.98. The molecule has 0 aliphatic rings. The van der Waals surface area contributed by atoms with Crippen molar-refractivity contribution in [3.63, 3.8) is 0 Å². The summed E-state index contributed by atoms with van der Waals surface area (Å²) in [4.78, 5) is 12.0. The summed E-state index contributed by atoms with van der Waals surface area (Å²) in [6, 6.07) is 0.230. The quantitative estimate of drug-likeness (QED) is 0.608. The monoisotopic (exact) mass is 228 g/mol. The van der Waals surface area contributed by atoms with Crippen LogP contribution in [0.4, 0.5) is 5.69 Å². The van der Waals surface area contributed by atoms with Gasteiger partial charge in [-0.15, -0.1) is 0 Å². The lowest BCUT2D eigenvalue weighted by Crippen LogP contribution is -2.05. The van der Waals surface area contributed by atoms with E-state index < -0.39 is 0 Å². The Morgan fingerprint density at radius 2 is 2.20 bits per heavy atom.